The third kappa shape index (κ3) is 1.32. The van der Waals surface area contributed by atoms with Gasteiger partial charge < -0.3 is 9.47 Å². The second-order valence-corrected chi connectivity index (χ2v) is 7.19. The van der Waals surface area contributed by atoms with E-state index < -0.39 is 0 Å². The van der Waals surface area contributed by atoms with Crippen molar-refractivity contribution < 1.29 is 19.1 Å². The number of fused-ring (bicyclic) bond motifs is 3. The summed E-state index contributed by atoms with van der Waals surface area (Å²) >= 11 is 0. The molecule has 4 heteroatoms. The Hall–Kier alpha value is -1.32. The Kier molecular flexibility index (Phi) is 2.08. The quantitative estimate of drug-likeness (QED) is 0.568. The lowest BCUT2D eigenvalue weighted by Crippen LogP contribution is -2.38. The average Bonchev–Trinajstić information content (AvgIpc) is 3.19. The fourth-order valence-corrected chi connectivity index (χ4v) is 5.34. The summed E-state index contributed by atoms with van der Waals surface area (Å²) in [6.07, 6.45) is 7.99. The maximum absolute atomic E-state index is 12.4. The Labute approximate surface area is 117 Å². The normalized spacial score (nSPS) is 53.7. The van der Waals surface area contributed by atoms with Crippen molar-refractivity contribution in [1.29, 1.82) is 0 Å². The highest BCUT2D eigenvalue weighted by Crippen LogP contribution is 2.56. The third-order valence-corrected chi connectivity index (χ3v) is 6.25. The maximum Gasteiger partial charge on any atom is 0.309 e. The molecule has 0 amide bonds. The topological polar surface area (TPSA) is 52.6 Å². The van der Waals surface area contributed by atoms with Gasteiger partial charge in [-0.05, 0) is 37.5 Å². The maximum atomic E-state index is 12.4. The first-order valence-corrected chi connectivity index (χ1v) is 7.80. The van der Waals surface area contributed by atoms with Gasteiger partial charge in [-0.2, -0.15) is 0 Å². The number of hydrogen-bond donors (Lipinski definition) is 0. The highest BCUT2D eigenvalue weighted by atomic mass is 16.6. The molecule has 7 unspecified atom stereocenters. The van der Waals surface area contributed by atoms with Crippen molar-refractivity contribution in [3.63, 3.8) is 0 Å². The molecule has 106 valence electrons. The number of carbonyl (C=O) groups excluding carboxylic acids is 2. The number of hydrogen-bond acceptors (Lipinski definition) is 4. The van der Waals surface area contributed by atoms with Crippen molar-refractivity contribution in [2.75, 3.05) is 0 Å². The van der Waals surface area contributed by atoms with Crippen LogP contribution in [0.3, 0.4) is 0 Å². The lowest BCUT2D eigenvalue weighted by molar-refractivity contribution is -0.166. The van der Waals surface area contributed by atoms with Gasteiger partial charge in [-0.3, -0.25) is 9.59 Å². The zero-order chi connectivity index (χ0) is 13.4. The van der Waals surface area contributed by atoms with Crippen LogP contribution >= 0.6 is 0 Å². The van der Waals surface area contributed by atoms with E-state index in [2.05, 4.69) is 12.2 Å². The summed E-state index contributed by atoms with van der Waals surface area (Å²) in [5.74, 6) is 1.62. The molecule has 1 aliphatic heterocycles. The molecule has 0 spiro atoms. The van der Waals surface area contributed by atoms with Gasteiger partial charge in [0.2, 0.25) is 0 Å². The predicted octanol–water partition coefficient (Wildman–Crippen LogP) is 1.69. The van der Waals surface area contributed by atoms with Crippen LogP contribution in [0.25, 0.3) is 0 Å². The van der Waals surface area contributed by atoms with Crippen molar-refractivity contribution in [3.8, 4) is 0 Å². The van der Waals surface area contributed by atoms with E-state index in [-0.39, 0.29) is 36.0 Å². The largest absolute Gasteiger partial charge is 0.458 e. The predicted molar refractivity (Wildman–Crippen MR) is 68.3 cm³/mol. The lowest BCUT2D eigenvalue weighted by Gasteiger charge is -2.27. The van der Waals surface area contributed by atoms with E-state index in [1.165, 1.54) is 0 Å². The average molecular weight is 274 g/mol. The number of carbonyl (C=O) groups is 2. The van der Waals surface area contributed by atoms with Crippen LogP contribution in [-0.4, -0.2) is 24.1 Å². The minimum atomic E-state index is -0.168. The van der Waals surface area contributed by atoms with Gasteiger partial charge in [0.15, 0.2) is 0 Å². The highest BCUT2D eigenvalue weighted by molar-refractivity contribution is 5.78. The standard InChI is InChI=1S/C16H18O4/c17-15(10-4-7-1-2-8(10)3-7)19-13-9-5-11-12(6-9)16(18)20-14(11)13/h1-2,7-14H,3-6H2/t7-,8?,9?,10?,11?,12?,13?,14?/m0/s1. The minimum Gasteiger partial charge on any atom is -0.458 e. The van der Waals surface area contributed by atoms with Gasteiger partial charge in [-0.15, -0.1) is 0 Å². The van der Waals surface area contributed by atoms with E-state index >= 15 is 0 Å². The van der Waals surface area contributed by atoms with Crippen LogP contribution in [0, 0.1) is 35.5 Å². The van der Waals surface area contributed by atoms with Crippen LogP contribution in [0.2, 0.25) is 0 Å². The Balaban J connectivity index is 1.32. The first kappa shape index (κ1) is 11.4. The third-order valence-electron chi connectivity index (χ3n) is 6.25. The van der Waals surface area contributed by atoms with E-state index in [0.717, 1.165) is 25.7 Å². The fourth-order valence-electron chi connectivity index (χ4n) is 5.34. The summed E-state index contributed by atoms with van der Waals surface area (Å²) in [6, 6.07) is 0. The fraction of sp³-hybridized carbons (Fsp3) is 0.750. The van der Waals surface area contributed by atoms with Gasteiger partial charge in [0.25, 0.3) is 0 Å². The SMILES string of the molecule is O=C(OC1C2CC3C(=O)OC1C3C2)C1C[C@H]2C=CC1C2. The molecule has 8 atom stereocenters. The van der Waals surface area contributed by atoms with Gasteiger partial charge in [0, 0.05) is 11.8 Å². The van der Waals surface area contributed by atoms with Crippen molar-refractivity contribution in [2.45, 2.75) is 37.9 Å². The van der Waals surface area contributed by atoms with E-state index in [1.807, 2.05) is 0 Å². The Morgan fingerprint density at radius 2 is 2.10 bits per heavy atom. The molecule has 3 saturated carbocycles. The second kappa shape index (κ2) is 3.66. The summed E-state index contributed by atoms with van der Waals surface area (Å²) < 4.78 is 11.3. The molecule has 1 heterocycles. The summed E-state index contributed by atoms with van der Waals surface area (Å²) in [5, 5.41) is 0. The van der Waals surface area contributed by atoms with Crippen molar-refractivity contribution >= 4 is 11.9 Å². The Morgan fingerprint density at radius 3 is 2.85 bits per heavy atom. The summed E-state index contributed by atoms with van der Waals surface area (Å²) in [4.78, 5) is 24.1. The number of ether oxygens (including phenoxy) is 2. The molecule has 0 radical (unpaired) electrons. The first-order chi connectivity index (χ1) is 9.70. The van der Waals surface area contributed by atoms with Crippen molar-refractivity contribution in [2.24, 2.45) is 35.5 Å². The van der Waals surface area contributed by atoms with E-state index in [4.69, 9.17) is 9.47 Å². The van der Waals surface area contributed by atoms with Crippen molar-refractivity contribution in [3.05, 3.63) is 12.2 Å². The number of allylic oxidation sites excluding steroid dienone is 2. The molecular weight excluding hydrogens is 256 g/mol. The van der Waals surface area contributed by atoms with Crippen LogP contribution in [0.1, 0.15) is 25.7 Å². The molecule has 20 heavy (non-hydrogen) atoms. The van der Waals surface area contributed by atoms with E-state index in [0.29, 0.717) is 23.7 Å². The van der Waals surface area contributed by atoms with Crippen LogP contribution < -0.4 is 0 Å². The summed E-state index contributed by atoms with van der Waals surface area (Å²) in [5.41, 5.74) is 0. The molecule has 0 aromatic carbocycles. The molecule has 1 saturated heterocycles. The molecule has 4 bridgehead atoms. The van der Waals surface area contributed by atoms with Crippen LogP contribution in [0.15, 0.2) is 12.2 Å². The Morgan fingerprint density at radius 1 is 1.20 bits per heavy atom. The monoisotopic (exact) mass is 274 g/mol. The molecule has 0 aromatic rings. The molecular formula is C16H18O4. The number of esters is 2. The molecule has 5 aliphatic rings. The zero-order valence-electron chi connectivity index (χ0n) is 11.2. The summed E-state index contributed by atoms with van der Waals surface area (Å²) in [6.45, 7) is 0. The van der Waals surface area contributed by atoms with Crippen LogP contribution in [-0.2, 0) is 19.1 Å². The molecule has 4 aliphatic carbocycles. The Bertz CT molecular complexity index is 525. The zero-order valence-corrected chi connectivity index (χ0v) is 11.2. The van der Waals surface area contributed by atoms with Gasteiger partial charge in [0.05, 0.1) is 11.8 Å². The second-order valence-electron chi connectivity index (χ2n) is 7.19. The molecule has 0 N–H and O–H groups in total. The molecule has 5 rings (SSSR count). The minimum absolute atomic E-state index is 0.0389. The van der Waals surface area contributed by atoms with Gasteiger partial charge >= 0.3 is 11.9 Å². The molecule has 4 fully saturated rings. The smallest absolute Gasteiger partial charge is 0.309 e. The van der Waals surface area contributed by atoms with E-state index in [1.54, 1.807) is 0 Å². The molecule has 4 nitrogen and oxygen atoms in total. The van der Waals surface area contributed by atoms with Crippen LogP contribution in [0.5, 0.6) is 0 Å². The lowest BCUT2D eigenvalue weighted by atomic mass is 9.87. The van der Waals surface area contributed by atoms with Gasteiger partial charge in [0.1, 0.15) is 12.2 Å². The van der Waals surface area contributed by atoms with E-state index in [9.17, 15) is 9.59 Å². The van der Waals surface area contributed by atoms with Crippen molar-refractivity contribution in [1.82, 2.24) is 0 Å². The number of rotatable bonds is 2. The van der Waals surface area contributed by atoms with Crippen LogP contribution in [0.4, 0.5) is 0 Å². The first-order valence-electron chi connectivity index (χ1n) is 7.80. The highest BCUT2D eigenvalue weighted by Gasteiger charge is 2.63. The molecule has 0 aromatic heterocycles. The van der Waals surface area contributed by atoms with Gasteiger partial charge in [-0.25, -0.2) is 0 Å². The van der Waals surface area contributed by atoms with Gasteiger partial charge in [-0.1, -0.05) is 12.2 Å². The summed E-state index contributed by atoms with van der Waals surface area (Å²) in [7, 11) is 0.